The van der Waals surface area contributed by atoms with Crippen LogP contribution in [0.4, 0.5) is 0 Å². The lowest BCUT2D eigenvalue weighted by Gasteiger charge is -2.04. The predicted octanol–water partition coefficient (Wildman–Crippen LogP) is 1.07. The molecule has 0 fully saturated rings. The van der Waals surface area contributed by atoms with Crippen molar-refractivity contribution in [1.29, 1.82) is 0 Å². The van der Waals surface area contributed by atoms with E-state index >= 15 is 0 Å². The average Bonchev–Trinajstić information content (AvgIpc) is 1.88. The van der Waals surface area contributed by atoms with Crippen LogP contribution in [0.25, 0.3) is 0 Å². The molecule has 0 radical (unpaired) electrons. The van der Waals surface area contributed by atoms with Gasteiger partial charge in [0.1, 0.15) is 0 Å². The topological polar surface area (TPSA) is 24.1 Å². The minimum atomic E-state index is 1.00. The van der Waals surface area contributed by atoms with Crippen molar-refractivity contribution in [2.45, 2.75) is 20.3 Å². The van der Waals surface area contributed by atoms with Crippen molar-refractivity contribution in [3.05, 3.63) is 11.9 Å². The quantitative estimate of drug-likeness (QED) is 0.591. The molecule has 2 heteroatoms. The van der Waals surface area contributed by atoms with Gasteiger partial charge in [-0.15, -0.1) is 0 Å². The van der Waals surface area contributed by atoms with Gasteiger partial charge < -0.3 is 10.6 Å². The number of rotatable bonds is 4. The molecule has 54 valence electrons. The van der Waals surface area contributed by atoms with Crippen LogP contribution in [0.2, 0.25) is 0 Å². The maximum atomic E-state index is 3.23. The van der Waals surface area contributed by atoms with E-state index < -0.39 is 0 Å². The SMILES string of the molecule is CCN/C(=C/NC)CC. The first-order valence-corrected chi connectivity index (χ1v) is 3.45. The van der Waals surface area contributed by atoms with E-state index in [1.807, 2.05) is 13.2 Å². The predicted molar refractivity (Wildman–Crippen MR) is 41.1 cm³/mol. The second kappa shape index (κ2) is 5.48. The first-order valence-electron chi connectivity index (χ1n) is 3.45. The molecule has 0 amide bonds. The number of hydrogen-bond donors (Lipinski definition) is 2. The Balaban J connectivity index is 3.53. The van der Waals surface area contributed by atoms with Gasteiger partial charge in [-0.25, -0.2) is 0 Å². The molecule has 0 spiro atoms. The number of allylic oxidation sites excluding steroid dienone is 1. The van der Waals surface area contributed by atoms with Gasteiger partial charge in [0.2, 0.25) is 0 Å². The molecule has 0 aliphatic carbocycles. The molecule has 0 saturated carbocycles. The molecule has 0 bridgehead atoms. The smallest absolute Gasteiger partial charge is 0.0263 e. The molecule has 9 heavy (non-hydrogen) atoms. The third-order valence-electron chi connectivity index (χ3n) is 1.10. The average molecular weight is 128 g/mol. The first kappa shape index (κ1) is 8.34. The standard InChI is InChI=1S/C7H16N2/c1-4-7(6-8-3)9-5-2/h6,8-9H,4-5H2,1-3H3/b7-6+. The molecule has 0 aliphatic rings. The summed E-state index contributed by atoms with van der Waals surface area (Å²) in [5.74, 6) is 0. The van der Waals surface area contributed by atoms with Gasteiger partial charge in [0, 0.05) is 25.5 Å². The highest BCUT2D eigenvalue weighted by atomic mass is 14.9. The van der Waals surface area contributed by atoms with Crippen molar-refractivity contribution in [1.82, 2.24) is 10.6 Å². The Bertz CT molecular complexity index is 86.9. The van der Waals surface area contributed by atoms with Gasteiger partial charge >= 0.3 is 0 Å². The van der Waals surface area contributed by atoms with E-state index in [0.29, 0.717) is 0 Å². The summed E-state index contributed by atoms with van der Waals surface area (Å²) in [6.45, 7) is 5.23. The van der Waals surface area contributed by atoms with Crippen LogP contribution in [0, 0.1) is 0 Å². The summed E-state index contributed by atoms with van der Waals surface area (Å²) in [7, 11) is 1.91. The lowest BCUT2D eigenvalue weighted by molar-refractivity contribution is 0.791. The maximum Gasteiger partial charge on any atom is 0.0263 e. The summed E-state index contributed by atoms with van der Waals surface area (Å²) in [4.78, 5) is 0. The van der Waals surface area contributed by atoms with Gasteiger partial charge in [-0.2, -0.15) is 0 Å². The van der Waals surface area contributed by atoms with Crippen LogP contribution in [0.1, 0.15) is 20.3 Å². The van der Waals surface area contributed by atoms with E-state index in [9.17, 15) is 0 Å². The van der Waals surface area contributed by atoms with Crippen molar-refractivity contribution in [3.8, 4) is 0 Å². The van der Waals surface area contributed by atoms with E-state index in [2.05, 4.69) is 24.5 Å². The van der Waals surface area contributed by atoms with Crippen LogP contribution >= 0.6 is 0 Å². The van der Waals surface area contributed by atoms with Gasteiger partial charge in [-0.05, 0) is 13.3 Å². The first-order chi connectivity index (χ1) is 4.35. The lowest BCUT2D eigenvalue weighted by Crippen LogP contribution is -2.13. The zero-order valence-electron chi connectivity index (χ0n) is 6.49. The van der Waals surface area contributed by atoms with Crippen LogP contribution in [0.5, 0.6) is 0 Å². The molecule has 0 aromatic carbocycles. The third-order valence-corrected chi connectivity index (χ3v) is 1.10. The van der Waals surface area contributed by atoms with E-state index in [0.717, 1.165) is 13.0 Å². The summed E-state index contributed by atoms with van der Waals surface area (Å²) < 4.78 is 0. The molecule has 0 atom stereocenters. The Morgan fingerprint density at radius 2 is 2.11 bits per heavy atom. The molecule has 0 saturated heterocycles. The zero-order chi connectivity index (χ0) is 7.11. The van der Waals surface area contributed by atoms with Crippen LogP contribution in [-0.2, 0) is 0 Å². The molecular weight excluding hydrogens is 112 g/mol. The van der Waals surface area contributed by atoms with Crippen molar-refractivity contribution < 1.29 is 0 Å². The Labute approximate surface area is 57.3 Å². The monoisotopic (exact) mass is 128 g/mol. The Kier molecular flexibility index (Phi) is 5.07. The van der Waals surface area contributed by atoms with Gasteiger partial charge in [0.15, 0.2) is 0 Å². The molecule has 0 aliphatic heterocycles. The van der Waals surface area contributed by atoms with Crippen LogP contribution < -0.4 is 10.6 Å². The van der Waals surface area contributed by atoms with Crippen molar-refractivity contribution in [2.75, 3.05) is 13.6 Å². The van der Waals surface area contributed by atoms with Crippen LogP contribution in [0.15, 0.2) is 11.9 Å². The number of nitrogens with one attached hydrogen (secondary N) is 2. The van der Waals surface area contributed by atoms with Gasteiger partial charge in [-0.3, -0.25) is 0 Å². The fourth-order valence-electron chi connectivity index (χ4n) is 0.679. The molecule has 0 aromatic rings. The second-order valence-corrected chi connectivity index (χ2v) is 1.84. The Morgan fingerprint density at radius 3 is 2.44 bits per heavy atom. The van der Waals surface area contributed by atoms with E-state index in [4.69, 9.17) is 0 Å². The number of hydrogen-bond acceptors (Lipinski definition) is 2. The summed E-state index contributed by atoms with van der Waals surface area (Å²) in [5.41, 5.74) is 1.26. The Morgan fingerprint density at radius 1 is 1.44 bits per heavy atom. The van der Waals surface area contributed by atoms with Gasteiger partial charge in [0.05, 0.1) is 0 Å². The van der Waals surface area contributed by atoms with E-state index in [1.54, 1.807) is 0 Å². The fraction of sp³-hybridized carbons (Fsp3) is 0.714. The normalized spacial score (nSPS) is 11.2. The summed E-state index contributed by atoms with van der Waals surface area (Å²) in [6.07, 6.45) is 3.05. The van der Waals surface area contributed by atoms with Crippen molar-refractivity contribution in [2.24, 2.45) is 0 Å². The van der Waals surface area contributed by atoms with E-state index in [-0.39, 0.29) is 0 Å². The molecule has 2 nitrogen and oxygen atoms in total. The third kappa shape index (κ3) is 3.88. The molecule has 0 heterocycles. The maximum absolute atomic E-state index is 3.23. The molecule has 2 N–H and O–H groups in total. The van der Waals surface area contributed by atoms with E-state index in [1.165, 1.54) is 5.70 Å². The molecule has 0 aromatic heterocycles. The Hall–Kier alpha value is -0.660. The van der Waals surface area contributed by atoms with Gasteiger partial charge in [-0.1, -0.05) is 6.92 Å². The van der Waals surface area contributed by atoms with Gasteiger partial charge in [0.25, 0.3) is 0 Å². The van der Waals surface area contributed by atoms with Crippen molar-refractivity contribution >= 4 is 0 Å². The highest BCUT2D eigenvalue weighted by molar-refractivity contribution is 4.95. The second-order valence-electron chi connectivity index (χ2n) is 1.84. The molecular formula is C7H16N2. The van der Waals surface area contributed by atoms with Crippen LogP contribution in [0.3, 0.4) is 0 Å². The highest BCUT2D eigenvalue weighted by Crippen LogP contribution is 1.90. The fourth-order valence-corrected chi connectivity index (χ4v) is 0.679. The zero-order valence-corrected chi connectivity index (χ0v) is 6.49. The van der Waals surface area contributed by atoms with Crippen LogP contribution in [-0.4, -0.2) is 13.6 Å². The molecule has 0 unspecified atom stereocenters. The summed E-state index contributed by atoms with van der Waals surface area (Å²) in [5, 5.41) is 6.21. The summed E-state index contributed by atoms with van der Waals surface area (Å²) >= 11 is 0. The largest absolute Gasteiger partial charge is 0.393 e. The molecule has 0 rings (SSSR count). The summed E-state index contributed by atoms with van der Waals surface area (Å²) in [6, 6.07) is 0. The minimum Gasteiger partial charge on any atom is -0.393 e. The minimum absolute atomic E-state index is 1.00. The lowest BCUT2D eigenvalue weighted by atomic mass is 10.3. The van der Waals surface area contributed by atoms with Crippen molar-refractivity contribution in [3.63, 3.8) is 0 Å². The highest BCUT2D eigenvalue weighted by Gasteiger charge is 1.85.